The number of benzene rings is 1. The highest BCUT2D eigenvalue weighted by atomic mass is 32.2. The number of carbonyl (C=O) groups is 2. The minimum Gasteiger partial charge on any atom is -0.453 e. The summed E-state index contributed by atoms with van der Waals surface area (Å²) < 4.78 is 37.8. The number of anilines is 1. The van der Waals surface area contributed by atoms with Crippen molar-refractivity contribution in [2.45, 2.75) is 43.8 Å². The first-order valence-electron chi connectivity index (χ1n) is 10.1. The van der Waals surface area contributed by atoms with Crippen molar-refractivity contribution >= 4 is 27.7 Å². The number of methoxy groups -OCH3 is 1. The van der Waals surface area contributed by atoms with E-state index < -0.39 is 16.1 Å². The monoisotopic (exact) mass is 439 g/mol. The van der Waals surface area contributed by atoms with Crippen LogP contribution in [0.2, 0.25) is 0 Å². The average molecular weight is 440 g/mol. The van der Waals surface area contributed by atoms with Crippen LogP contribution in [0.4, 0.5) is 10.5 Å². The fraction of sp³-hybridized carbons (Fsp3) is 0.600. The molecule has 0 aliphatic carbocycles. The van der Waals surface area contributed by atoms with Crippen molar-refractivity contribution in [2.24, 2.45) is 5.92 Å². The number of sulfonamides is 1. The molecule has 2 amide bonds. The van der Waals surface area contributed by atoms with Gasteiger partial charge >= 0.3 is 6.09 Å². The van der Waals surface area contributed by atoms with E-state index in [1.807, 2.05) is 13.8 Å². The van der Waals surface area contributed by atoms with Gasteiger partial charge in [0.25, 0.3) is 0 Å². The first kappa shape index (κ1) is 22.5. The number of hydrogen-bond donors (Lipinski definition) is 1. The number of morpholine rings is 1. The highest BCUT2D eigenvalue weighted by molar-refractivity contribution is 7.89. The van der Waals surface area contributed by atoms with Crippen LogP contribution >= 0.6 is 0 Å². The lowest BCUT2D eigenvalue weighted by atomic mass is 9.97. The molecule has 0 bridgehead atoms. The Morgan fingerprint density at radius 2 is 1.73 bits per heavy atom. The minimum atomic E-state index is -3.74. The smallest absolute Gasteiger partial charge is 0.411 e. The summed E-state index contributed by atoms with van der Waals surface area (Å²) in [6, 6.07) is 5.90. The molecule has 9 nitrogen and oxygen atoms in total. The van der Waals surface area contributed by atoms with Gasteiger partial charge in [0, 0.05) is 31.9 Å². The molecule has 0 spiro atoms. The fourth-order valence-corrected chi connectivity index (χ4v) is 5.53. The van der Waals surface area contributed by atoms with E-state index in [4.69, 9.17) is 4.74 Å². The van der Waals surface area contributed by atoms with Crippen molar-refractivity contribution in [3.05, 3.63) is 24.3 Å². The molecular weight excluding hydrogens is 410 g/mol. The van der Waals surface area contributed by atoms with Gasteiger partial charge in [-0.25, -0.2) is 13.2 Å². The quantitative estimate of drug-likeness (QED) is 0.768. The van der Waals surface area contributed by atoms with Crippen LogP contribution in [0.1, 0.15) is 26.7 Å². The highest BCUT2D eigenvalue weighted by Gasteiger charge is 2.36. The van der Waals surface area contributed by atoms with Crippen LogP contribution in [0, 0.1) is 5.92 Å². The second-order valence-corrected chi connectivity index (χ2v) is 9.78. The van der Waals surface area contributed by atoms with Crippen molar-refractivity contribution in [2.75, 3.05) is 38.6 Å². The standard InChI is InChI=1S/C20H29N3O6S/c1-14-11-22(12-15(2)29-14)19(24)16-5-4-10-23(13-16)30(26,27)18-8-6-17(7-9-18)21-20(25)28-3/h6-9,14-16H,4-5,10-13H2,1-3H3,(H,21,25)/t14-,15-,16+/m1/s1. The topological polar surface area (TPSA) is 105 Å². The van der Waals surface area contributed by atoms with E-state index in [0.717, 1.165) is 0 Å². The number of hydrogen-bond acceptors (Lipinski definition) is 6. The van der Waals surface area contributed by atoms with Crippen LogP contribution in [-0.2, 0) is 24.3 Å². The van der Waals surface area contributed by atoms with Crippen molar-refractivity contribution in [3.8, 4) is 0 Å². The van der Waals surface area contributed by atoms with Crippen LogP contribution in [0.5, 0.6) is 0 Å². The maximum Gasteiger partial charge on any atom is 0.411 e. The van der Waals surface area contributed by atoms with Crippen LogP contribution in [0.3, 0.4) is 0 Å². The molecule has 3 rings (SSSR count). The van der Waals surface area contributed by atoms with E-state index in [9.17, 15) is 18.0 Å². The summed E-state index contributed by atoms with van der Waals surface area (Å²) >= 11 is 0. The summed E-state index contributed by atoms with van der Waals surface area (Å²) in [4.78, 5) is 26.2. The average Bonchev–Trinajstić information content (AvgIpc) is 2.73. The van der Waals surface area contributed by atoms with Gasteiger partial charge in [0.05, 0.1) is 30.1 Å². The number of nitrogens with one attached hydrogen (secondary N) is 1. The summed E-state index contributed by atoms with van der Waals surface area (Å²) in [6.45, 7) is 5.48. The van der Waals surface area contributed by atoms with Crippen molar-refractivity contribution in [1.29, 1.82) is 0 Å². The van der Waals surface area contributed by atoms with Gasteiger partial charge in [-0.2, -0.15) is 4.31 Å². The summed E-state index contributed by atoms with van der Waals surface area (Å²) in [5, 5.41) is 2.49. The molecule has 10 heteroatoms. The Morgan fingerprint density at radius 1 is 1.10 bits per heavy atom. The van der Waals surface area contributed by atoms with Gasteiger partial charge in [0.2, 0.25) is 15.9 Å². The van der Waals surface area contributed by atoms with E-state index >= 15 is 0 Å². The molecule has 2 saturated heterocycles. The number of ether oxygens (including phenoxy) is 2. The molecule has 2 aliphatic heterocycles. The van der Waals surface area contributed by atoms with Gasteiger partial charge in [-0.1, -0.05) is 0 Å². The number of nitrogens with zero attached hydrogens (tertiary/aromatic N) is 2. The Morgan fingerprint density at radius 3 is 2.33 bits per heavy atom. The molecule has 2 aliphatic rings. The molecule has 0 radical (unpaired) electrons. The maximum atomic E-state index is 13.1. The maximum absolute atomic E-state index is 13.1. The largest absolute Gasteiger partial charge is 0.453 e. The van der Waals surface area contributed by atoms with Crippen molar-refractivity contribution in [1.82, 2.24) is 9.21 Å². The van der Waals surface area contributed by atoms with E-state index in [1.54, 1.807) is 4.90 Å². The van der Waals surface area contributed by atoms with Crippen molar-refractivity contribution in [3.63, 3.8) is 0 Å². The number of amides is 2. The molecule has 0 saturated carbocycles. The molecule has 2 heterocycles. The van der Waals surface area contributed by atoms with Crippen LogP contribution in [-0.4, -0.2) is 75.1 Å². The zero-order valence-corrected chi connectivity index (χ0v) is 18.4. The predicted octanol–water partition coefficient (Wildman–Crippen LogP) is 1.90. The first-order chi connectivity index (χ1) is 14.2. The SMILES string of the molecule is COC(=O)Nc1ccc(S(=O)(=O)N2CCC[C@H](C(=O)N3C[C@@H](C)O[C@H](C)C3)C2)cc1. The molecule has 2 fully saturated rings. The third-order valence-electron chi connectivity index (χ3n) is 5.39. The summed E-state index contributed by atoms with van der Waals surface area (Å²) in [6.07, 6.45) is 0.617. The molecule has 166 valence electrons. The Labute approximate surface area is 177 Å². The molecule has 30 heavy (non-hydrogen) atoms. The van der Waals surface area contributed by atoms with Gasteiger partial charge in [-0.15, -0.1) is 0 Å². The van der Waals surface area contributed by atoms with Gasteiger partial charge in [-0.3, -0.25) is 10.1 Å². The molecule has 1 N–H and O–H groups in total. The number of carbonyl (C=O) groups excluding carboxylic acids is 2. The van der Waals surface area contributed by atoms with E-state index in [-0.39, 0.29) is 35.5 Å². The second kappa shape index (κ2) is 9.32. The molecule has 1 aromatic rings. The number of rotatable bonds is 4. The third kappa shape index (κ3) is 5.11. The zero-order valence-electron chi connectivity index (χ0n) is 17.5. The van der Waals surface area contributed by atoms with E-state index in [0.29, 0.717) is 38.2 Å². The Hall–Kier alpha value is -2.17. The summed E-state index contributed by atoms with van der Waals surface area (Å²) in [7, 11) is -2.49. The lowest BCUT2D eigenvalue weighted by molar-refractivity contribution is -0.148. The molecular formula is C20H29N3O6S. The molecule has 0 unspecified atom stereocenters. The fourth-order valence-electron chi connectivity index (χ4n) is 4.01. The first-order valence-corrected chi connectivity index (χ1v) is 11.5. The summed E-state index contributed by atoms with van der Waals surface area (Å²) in [5.74, 6) is -0.360. The minimum absolute atomic E-state index is 0.00507. The van der Waals surface area contributed by atoms with Crippen LogP contribution < -0.4 is 5.32 Å². The molecule has 1 aromatic carbocycles. The Kier molecular flexibility index (Phi) is 6.99. The van der Waals surface area contributed by atoms with Gasteiger partial charge < -0.3 is 14.4 Å². The zero-order chi connectivity index (χ0) is 21.9. The van der Waals surface area contributed by atoms with E-state index in [1.165, 1.54) is 35.7 Å². The molecule has 0 aromatic heterocycles. The lowest BCUT2D eigenvalue weighted by Gasteiger charge is -2.39. The summed E-state index contributed by atoms with van der Waals surface area (Å²) in [5.41, 5.74) is 0.433. The van der Waals surface area contributed by atoms with Gasteiger partial charge in [0.1, 0.15) is 0 Å². The predicted molar refractivity (Wildman–Crippen MR) is 111 cm³/mol. The lowest BCUT2D eigenvalue weighted by Crippen LogP contribution is -2.53. The van der Waals surface area contributed by atoms with Gasteiger partial charge in [-0.05, 0) is 51.0 Å². The third-order valence-corrected chi connectivity index (χ3v) is 7.27. The van der Waals surface area contributed by atoms with Gasteiger partial charge in [0.15, 0.2) is 0 Å². The highest BCUT2D eigenvalue weighted by Crippen LogP contribution is 2.27. The Bertz CT molecular complexity index is 863. The van der Waals surface area contributed by atoms with Crippen LogP contribution in [0.25, 0.3) is 0 Å². The van der Waals surface area contributed by atoms with Crippen LogP contribution in [0.15, 0.2) is 29.2 Å². The van der Waals surface area contributed by atoms with Crippen molar-refractivity contribution < 1.29 is 27.5 Å². The Balaban J connectivity index is 1.69. The normalized spacial score (nSPS) is 25.6. The second-order valence-electron chi connectivity index (χ2n) is 7.84. The molecule has 3 atom stereocenters. The number of piperidine rings is 1. The van der Waals surface area contributed by atoms with E-state index in [2.05, 4.69) is 10.1 Å².